The van der Waals surface area contributed by atoms with Crippen LogP contribution in [0.2, 0.25) is 0 Å². The van der Waals surface area contributed by atoms with Gasteiger partial charge in [0.1, 0.15) is 16.5 Å². The van der Waals surface area contributed by atoms with Crippen molar-refractivity contribution in [1.82, 2.24) is 24.8 Å². The van der Waals surface area contributed by atoms with Crippen molar-refractivity contribution in [3.05, 3.63) is 58.1 Å². The minimum Gasteiger partial charge on any atom is -0.337 e. The van der Waals surface area contributed by atoms with Gasteiger partial charge in [-0.2, -0.15) is 0 Å². The van der Waals surface area contributed by atoms with Gasteiger partial charge >= 0.3 is 0 Å². The summed E-state index contributed by atoms with van der Waals surface area (Å²) in [6.45, 7) is 5.30. The van der Waals surface area contributed by atoms with Gasteiger partial charge in [0.05, 0.1) is 16.9 Å². The summed E-state index contributed by atoms with van der Waals surface area (Å²) in [5, 5.41) is 4.11. The van der Waals surface area contributed by atoms with Crippen molar-refractivity contribution in [2.24, 2.45) is 0 Å². The Kier molecular flexibility index (Phi) is 5.29. The van der Waals surface area contributed by atoms with Gasteiger partial charge < -0.3 is 10.2 Å². The molecular weight excluding hydrogens is 372 g/mol. The number of carbonyl (C=O) groups excluding carboxylic acids is 1. The van der Waals surface area contributed by atoms with Crippen molar-refractivity contribution in [3.63, 3.8) is 0 Å². The molecule has 8 heteroatoms. The van der Waals surface area contributed by atoms with Crippen molar-refractivity contribution < 1.29 is 4.79 Å². The van der Waals surface area contributed by atoms with Crippen molar-refractivity contribution in [3.8, 4) is 0 Å². The highest BCUT2D eigenvalue weighted by atomic mass is 32.1. The summed E-state index contributed by atoms with van der Waals surface area (Å²) in [4.78, 5) is 33.1. The lowest BCUT2D eigenvalue weighted by Crippen LogP contribution is -2.39. The van der Waals surface area contributed by atoms with Crippen LogP contribution < -0.4 is 5.32 Å². The second-order valence-electron chi connectivity index (χ2n) is 6.90. The Balaban J connectivity index is 1.49. The first-order valence-electron chi connectivity index (χ1n) is 9.33. The van der Waals surface area contributed by atoms with Gasteiger partial charge in [-0.25, -0.2) is 15.0 Å². The predicted molar refractivity (Wildman–Crippen MR) is 109 cm³/mol. The second kappa shape index (κ2) is 8.02. The first-order chi connectivity index (χ1) is 13.6. The van der Waals surface area contributed by atoms with E-state index in [-0.39, 0.29) is 11.8 Å². The van der Waals surface area contributed by atoms with Crippen LogP contribution in [-0.4, -0.2) is 43.8 Å². The third-order valence-corrected chi connectivity index (χ3v) is 5.88. The van der Waals surface area contributed by atoms with Crippen molar-refractivity contribution in [2.45, 2.75) is 32.6 Å². The maximum atomic E-state index is 13.0. The number of amides is 1. The molecule has 1 atom stereocenters. The molecule has 0 spiro atoms. The van der Waals surface area contributed by atoms with E-state index in [0.717, 1.165) is 46.5 Å². The molecule has 4 heterocycles. The van der Waals surface area contributed by atoms with Gasteiger partial charge in [0.15, 0.2) is 0 Å². The number of likely N-dealkylation sites (tertiary alicyclic amines) is 1. The topological polar surface area (TPSA) is 83.9 Å². The Morgan fingerprint density at radius 3 is 2.86 bits per heavy atom. The first-order valence-corrected chi connectivity index (χ1v) is 10.1. The van der Waals surface area contributed by atoms with Gasteiger partial charge in [-0.3, -0.25) is 9.78 Å². The van der Waals surface area contributed by atoms with E-state index in [9.17, 15) is 4.79 Å². The smallest absolute Gasteiger partial charge is 0.265 e. The third-order valence-electron chi connectivity index (χ3n) is 4.81. The molecule has 0 bridgehead atoms. The van der Waals surface area contributed by atoms with E-state index in [1.807, 2.05) is 36.9 Å². The molecule has 1 N–H and O–H groups in total. The lowest BCUT2D eigenvalue weighted by molar-refractivity contribution is 0.0710. The predicted octanol–water partition coefficient (Wildman–Crippen LogP) is 3.71. The Hall–Kier alpha value is -2.87. The normalized spacial score (nSPS) is 16.8. The van der Waals surface area contributed by atoms with Gasteiger partial charge in [0.25, 0.3) is 5.91 Å². The Labute approximate surface area is 167 Å². The number of hydrogen-bond acceptors (Lipinski definition) is 7. The molecule has 0 radical (unpaired) electrons. The number of rotatable bonds is 4. The largest absolute Gasteiger partial charge is 0.337 e. The molecule has 1 fully saturated rings. The Morgan fingerprint density at radius 2 is 2.11 bits per heavy atom. The van der Waals surface area contributed by atoms with E-state index in [2.05, 4.69) is 20.3 Å². The maximum Gasteiger partial charge on any atom is 0.265 e. The van der Waals surface area contributed by atoms with E-state index in [4.69, 9.17) is 4.98 Å². The number of nitrogens with one attached hydrogen (secondary N) is 1. The highest BCUT2D eigenvalue weighted by Gasteiger charge is 2.28. The Bertz CT molecular complexity index is 974. The molecule has 1 saturated heterocycles. The number of nitrogens with zero attached hydrogens (tertiary/aromatic N) is 5. The fourth-order valence-electron chi connectivity index (χ4n) is 3.52. The van der Waals surface area contributed by atoms with Crippen LogP contribution in [0, 0.1) is 13.8 Å². The summed E-state index contributed by atoms with van der Waals surface area (Å²) >= 11 is 1.48. The second-order valence-corrected chi connectivity index (χ2v) is 8.10. The average molecular weight is 395 g/mol. The number of aromatic nitrogens is 4. The molecule has 3 aromatic heterocycles. The molecule has 0 saturated carbocycles. The third kappa shape index (κ3) is 4.01. The van der Waals surface area contributed by atoms with Crippen molar-refractivity contribution in [2.75, 3.05) is 18.4 Å². The molecular formula is C20H22N6OS. The zero-order valence-electron chi connectivity index (χ0n) is 15.9. The number of hydrogen-bond donors (Lipinski definition) is 1. The zero-order chi connectivity index (χ0) is 19.5. The van der Waals surface area contributed by atoms with Crippen molar-refractivity contribution >= 4 is 28.9 Å². The molecule has 0 aliphatic carbocycles. The lowest BCUT2D eigenvalue weighted by Gasteiger charge is -2.32. The van der Waals surface area contributed by atoms with E-state index in [1.165, 1.54) is 11.3 Å². The maximum absolute atomic E-state index is 13.0. The first kappa shape index (κ1) is 18.5. The summed E-state index contributed by atoms with van der Waals surface area (Å²) in [6.07, 6.45) is 6.92. The minimum absolute atomic E-state index is 0.0849. The molecule has 0 aromatic carbocycles. The molecule has 3 aromatic rings. The van der Waals surface area contributed by atoms with Crippen LogP contribution in [0.4, 0.5) is 11.6 Å². The van der Waals surface area contributed by atoms with Crippen LogP contribution in [0.15, 0.2) is 36.8 Å². The van der Waals surface area contributed by atoms with Gasteiger partial charge in [0, 0.05) is 37.1 Å². The number of aryl methyl sites for hydroxylation is 2. The van der Waals surface area contributed by atoms with E-state index in [0.29, 0.717) is 12.4 Å². The van der Waals surface area contributed by atoms with Crippen LogP contribution in [0.25, 0.3) is 0 Å². The summed E-state index contributed by atoms with van der Waals surface area (Å²) in [7, 11) is 0. The molecule has 1 amide bonds. The molecule has 144 valence electrons. The van der Waals surface area contributed by atoms with Crippen LogP contribution in [-0.2, 0) is 0 Å². The molecule has 4 rings (SSSR count). The number of anilines is 2. The van der Waals surface area contributed by atoms with Crippen LogP contribution in [0.5, 0.6) is 0 Å². The molecule has 1 aliphatic rings. The average Bonchev–Trinajstić information content (AvgIpc) is 3.06. The van der Waals surface area contributed by atoms with Gasteiger partial charge in [-0.15, -0.1) is 11.3 Å². The summed E-state index contributed by atoms with van der Waals surface area (Å²) in [6, 6.07) is 5.93. The quantitative estimate of drug-likeness (QED) is 0.726. The standard InChI is InChI=1S/C20H22N6OS/c1-13-19(28-14(2)23-13)20(27)26-10-4-5-15(12-26)16-6-3-7-17(24-16)25-18-11-21-8-9-22-18/h3,6-9,11,15H,4-5,10,12H2,1-2H3,(H,22,24,25)/t15-/m0/s1. The highest BCUT2D eigenvalue weighted by Crippen LogP contribution is 2.29. The highest BCUT2D eigenvalue weighted by molar-refractivity contribution is 7.13. The van der Waals surface area contributed by atoms with Gasteiger partial charge in [-0.05, 0) is 38.8 Å². The molecule has 7 nitrogen and oxygen atoms in total. The SMILES string of the molecule is Cc1nc(C)c(C(=O)N2CCC[C@H](c3cccc(Nc4cnccn4)n3)C2)s1. The summed E-state index contributed by atoms with van der Waals surface area (Å²) in [5.74, 6) is 1.69. The molecule has 0 unspecified atom stereocenters. The van der Waals surface area contributed by atoms with Crippen LogP contribution in [0.3, 0.4) is 0 Å². The summed E-state index contributed by atoms with van der Waals surface area (Å²) < 4.78 is 0. The number of pyridine rings is 1. The molecule has 1 aliphatic heterocycles. The zero-order valence-corrected chi connectivity index (χ0v) is 16.7. The fourth-order valence-corrected chi connectivity index (χ4v) is 4.41. The van der Waals surface area contributed by atoms with E-state index < -0.39 is 0 Å². The molecule has 28 heavy (non-hydrogen) atoms. The monoisotopic (exact) mass is 394 g/mol. The number of piperidine rings is 1. The lowest BCUT2D eigenvalue weighted by atomic mass is 9.94. The van der Waals surface area contributed by atoms with Gasteiger partial charge in [-0.1, -0.05) is 6.07 Å². The fraction of sp³-hybridized carbons (Fsp3) is 0.350. The number of thiazole rings is 1. The van der Waals surface area contributed by atoms with Crippen LogP contribution in [0.1, 0.15) is 44.8 Å². The minimum atomic E-state index is 0.0849. The summed E-state index contributed by atoms with van der Waals surface area (Å²) in [5.41, 5.74) is 1.81. The Morgan fingerprint density at radius 1 is 1.21 bits per heavy atom. The number of carbonyl (C=O) groups is 1. The van der Waals surface area contributed by atoms with Crippen LogP contribution >= 0.6 is 11.3 Å². The van der Waals surface area contributed by atoms with Gasteiger partial charge in [0.2, 0.25) is 0 Å². The van der Waals surface area contributed by atoms with Crippen molar-refractivity contribution in [1.29, 1.82) is 0 Å². The van der Waals surface area contributed by atoms with E-state index in [1.54, 1.807) is 18.6 Å². The van der Waals surface area contributed by atoms with E-state index >= 15 is 0 Å².